The molecule has 0 atom stereocenters. The lowest BCUT2D eigenvalue weighted by Gasteiger charge is -2.11. The summed E-state index contributed by atoms with van der Waals surface area (Å²) in [5.74, 6) is -0.772. The zero-order valence-electron chi connectivity index (χ0n) is 14.3. The molecule has 0 aliphatic carbocycles. The Labute approximate surface area is 160 Å². The smallest absolute Gasteiger partial charge is 0.256 e. The Hall–Kier alpha value is -3.18. The number of benzene rings is 3. The molecule has 1 N–H and O–H groups in total. The van der Waals surface area contributed by atoms with Crippen LogP contribution in [0.2, 0.25) is 5.02 Å². The van der Waals surface area contributed by atoms with Crippen LogP contribution in [-0.2, 0) is 0 Å². The van der Waals surface area contributed by atoms with Gasteiger partial charge >= 0.3 is 0 Å². The molecule has 4 nitrogen and oxygen atoms in total. The van der Waals surface area contributed by atoms with Crippen molar-refractivity contribution in [1.29, 1.82) is 0 Å². The first kappa shape index (κ1) is 18.6. The summed E-state index contributed by atoms with van der Waals surface area (Å²) in [6.07, 6.45) is 0. The second-order valence-electron chi connectivity index (χ2n) is 5.69. The summed E-state index contributed by atoms with van der Waals surface area (Å²) < 4.78 is 18.2. The number of carbonyl (C=O) groups excluding carboxylic acids is 2. The van der Waals surface area contributed by atoms with E-state index in [1.807, 2.05) is 0 Å². The summed E-state index contributed by atoms with van der Waals surface area (Å²) in [5.41, 5.74) is 1.19. The van der Waals surface area contributed by atoms with Gasteiger partial charge in [0.25, 0.3) is 5.91 Å². The lowest BCUT2D eigenvalue weighted by molar-refractivity contribution is 0.0996. The minimum Gasteiger partial charge on any atom is -0.495 e. The molecule has 0 aromatic heterocycles. The van der Waals surface area contributed by atoms with Gasteiger partial charge in [0.15, 0.2) is 5.78 Å². The van der Waals surface area contributed by atoms with Crippen LogP contribution < -0.4 is 10.1 Å². The monoisotopic (exact) mass is 383 g/mol. The van der Waals surface area contributed by atoms with E-state index >= 15 is 0 Å². The average Bonchev–Trinajstić information content (AvgIpc) is 2.68. The highest BCUT2D eigenvalue weighted by Crippen LogP contribution is 2.27. The maximum absolute atomic E-state index is 13.1. The summed E-state index contributed by atoms with van der Waals surface area (Å²) in [5, 5.41) is 3.07. The number of hydrogen-bond acceptors (Lipinski definition) is 3. The maximum atomic E-state index is 13.1. The topological polar surface area (TPSA) is 55.4 Å². The number of nitrogens with one attached hydrogen (secondary N) is 1. The van der Waals surface area contributed by atoms with Gasteiger partial charge in [0.2, 0.25) is 0 Å². The van der Waals surface area contributed by atoms with E-state index in [1.54, 1.807) is 42.5 Å². The van der Waals surface area contributed by atoms with Crippen molar-refractivity contribution in [2.75, 3.05) is 12.4 Å². The van der Waals surface area contributed by atoms with Crippen LogP contribution in [0.25, 0.3) is 0 Å². The molecule has 1 amide bonds. The molecule has 0 spiro atoms. The number of rotatable bonds is 5. The first-order valence-corrected chi connectivity index (χ1v) is 8.41. The molecule has 6 heteroatoms. The summed E-state index contributed by atoms with van der Waals surface area (Å²) in [6.45, 7) is 0. The van der Waals surface area contributed by atoms with Crippen LogP contribution in [0.4, 0.5) is 10.1 Å². The van der Waals surface area contributed by atoms with Crippen LogP contribution in [0, 0.1) is 5.82 Å². The van der Waals surface area contributed by atoms with Crippen LogP contribution >= 0.6 is 11.6 Å². The van der Waals surface area contributed by atoms with Crippen molar-refractivity contribution in [3.8, 4) is 5.75 Å². The molecule has 27 heavy (non-hydrogen) atoms. The van der Waals surface area contributed by atoms with E-state index < -0.39 is 11.7 Å². The Morgan fingerprint density at radius 3 is 2.26 bits per heavy atom. The lowest BCUT2D eigenvalue weighted by atomic mass is 9.98. The molecule has 3 rings (SSSR count). The Kier molecular flexibility index (Phi) is 5.52. The molecule has 0 bridgehead atoms. The number of ketones is 1. The molecule has 3 aromatic carbocycles. The highest BCUT2D eigenvalue weighted by molar-refractivity contribution is 6.32. The standard InChI is InChI=1S/C21H15ClFNO3/c1-27-19-11-10-15(12-18(19)22)24-21(26)17-5-3-2-4-16(17)20(25)13-6-8-14(23)9-7-13/h2-12H,1H3,(H,24,26). The molecule has 0 aliphatic rings. The third-order valence-electron chi connectivity index (χ3n) is 3.93. The van der Waals surface area contributed by atoms with Crippen LogP contribution in [0.1, 0.15) is 26.3 Å². The van der Waals surface area contributed by atoms with Crippen LogP contribution in [0.5, 0.6) is 5.75 Å². The van der Waals surface area contributed by atoms with Crippen molar-refractivity contribution in [1.82, 2.24) is 0 Å². The Balaban J connectivity index is 1.89. The van der Waals surface area contributed by atoms with Crippen LogP contribution in [0.3, 0.4) is 0 Å². The molecule has 0 radical (unpaired) electrons. The molecule has 0 aliphatic heterocycles. The minimum atomic E-state index is -0.456. The van der Waals surface area contributed by atoms with E-state index in [4.69, 9.17) is 16.3 Å². The van der Waals surface area contributed by atoms with E-state index in [0.717, 1.165) is 0 Å². The SMILES string of the molecule is COc1ccc(NC(=O)c2ccccc2C(=O)c2ccc(F)cc2)cc1Cl. The molecule has 136 valence electrons. The first-order valence-electron chi connectivity index (χ1n) is 8.04. The van der Waals surface area contributed by atoms with Crippen molar-refractivity contribution in [3.63, 3.8) is 0 Å². The molecule has 0 fully saturated rings. The minimum absolute atomic E-state index is 0.207. The zero-order valence-corrected chi connectivity index (χ0v) is 15.1. The Morgan fingerprint density at radius 1 is 0.963 bits per heavy atom. The fourth-order valence-electron chi connectivity index (χ4n) is 2.58. The molecular formula is C21H15ClFNO3. The maximum Gasteiger partial charge on any atom is 0.256 e. The van der Waals surface area contributed by atoms with E-state index in [9.17, 15) is 14.0 Å². The van der Waals surface area contributed by atoms with Crippen molar-refractivity contribution in [2.45, 2.75) is 0 Å². The first-order chi connectivity index (χ1) is 13.0. The molecular weight excluding hydrogens is 369 g/mol. The van der Waals surface area contributed by atoms with Crippen molar-refractivity contribution >= 4 is 29.0 Å². The fraction of sp³-hybridized carbons (Fsp3) is 0.0476. The normalized spacial score (nSPS) is 10.3. The lowest BCUT2D eigenvalue weighted by Crippen LogP contribution is -2.17. The second kappa shape index (κ2) is 8.01. The quantitative estimate of drug-likeness (QED) is 0.633. The third-order valence-corrected chi connectivity index (χ3v) is 4.23. The van der Waals surface area contributed by atoms with Gasteiger partial charge in [-0.05, 0) is 48.5 Å². The molecule has 0 saturated heterocycles. The number of anilines is 1. The fourth-order valence-corrected chi connectivity index (χ4v) is 2.84. The molecule has 3 aromatic rings. The number of methoxy groups -OCH3 is 1. The highest BCUT2D eigenvalue weighted by Gasteiger charge is 2.18. The van der Waals surface area contributed by atoms with E-state index in [0.29, 0.717) is 22.0 Å². The zero-order chi connectivity index (χ0) is 19.4. The van der Waals surface area contributed by atoms with Gasteiger partial charge in [0.1, 0.15) is 11.6 Å². The highest BCUT2D eigenvalue weighted by atomic mass is 35.5. The van der Waals surface area contributed by atoms with E-state index in [-0.39, 0.29) is 16.9 Å². The summed E-state index contributed by atoms with van der Waals surface area (Å²) in [4.78, 5) is 25.4. The van der Waals surface area contributed by atoms with Gasteiger partial charge < -0.3 is 10.1 Å². The Bertz CT molecular complexity index is 1000. The van der Waals surface area contributed by atoms with E-state index in [1.165, 1.54) is 31.4 Å². The van der Waals surface area contributed by atoms with Gasteiger partial charge in [-0.25, -0.2) is 4.39 Å². The molecule has 0 unspecified atom stereocenters. The van der Waals surface area contributed by atoms with Crippen molar-refractivity contribution in [2.24, 2.45) is 0 Å². The largest absolute Gasteiger partial charge is 0.495 e. The molecule has 0 saturated carbocycles. The number of halogens is 2. The van der Waals surface area contributed by atoms with Crippen molar-refractivity contribution < 1.29 is 18.7 Å². The number of ether oxygens (including phenoxy) is 1. The summed E-state index contributed by atoms with van der Waals surface area (Å²) >= 11 is 6.07. The number of hydrogen-bond donors (Lipinski definition) is 1. The average molecular weight is 384 g/mol. The second-order valence-corrected chi connectivity index (χ2v) is 6.09. The van der Waals surface area contributed by atoms with Crippen LogP contribution in [-0.4, -0.2) is 18.8 Å². The third kappa shape index (κ3) is 4.15. The van der Waals surface area contributed by atoms with Gasteiger partial charge in [-0.15, -0.1) is 0 Å². The number of amides is 1. The van der Waals surface area contributed by atoms with E-state index in [2.05, 4.69) is 5.32 Å². The summed E-state index contributed by atoms with van der Waals surface area (Å²) in [6, 6.07) is 16.5. The van der Waals surface area contributed by atoms with Gasteiger partial charge in [-0.3, -0.25) is 9.59 Å². The van der Waals surface area contributed by atoms with Crippen molar-refractivity contribution in [3.05, 3.63) is 94.3 Å². The van der Waals surface area contributed by atoms with Gasteiger partial charge in [0, 0.05) is 16.8 Å². The van der Waals surface area contributed by atoms with Crippen LogP contribution in [0.15, 0.2) is 66.7 Å². The van der Waals surface area contributed by atoms with Gasteiger partial charge in [-0.1, -0.05) is 29.8 Å². The Morgan fingerprint density at radius 2 is 1.63 bits per heavy atom. The van der Waals surface area contributed by atoms with Gasteiger partial charge in [-0.2, -0.15) is 0 Å². The number of carbonyl (C=O) groups is 2. The summed E-state index contributed by atoms with van der Waals surface area (Å²) in [7, 11) is 1.50. The van der Waals surface area contributed by atoms with Gasteiger partial charge in [0.05, 0.1) is 17.7 Å². The molecule has 0 heterocycles. The predicted octanol–water partition coefficient (Wildman–Crippen LogP) is 4.97. The predicted molar refractivity (Wildman–Crippen MR) is 102 cm³/mol.